The van der Waals surface area contributed by atoms with Crippen molar-refractivity contribution in [2.24, 2.45) is 0 Å². The molecule has 0 saturated carbocycles. The van der Waals surface area contributed by atoms with Gasteiger partial charge in [-0.2, -0.15) is 0 Å². The smallest absolute Gasteiger partial charge is 0.317 e. The standard InChI is InChI=1S/C13H21NO2S/c1-5-10(3)14(8-12(15)16)11(4)13-9(2)6-7-17-13/h6-7,10-11H,5,8H2,1-4H3,(H,15,16). The summed E-state index contributed by atoms with van der Waals surface area (Å²) in [5, 5.41) is 11.1. The minimum Gasteiger partial charge on any atom is -0.480 e. The van der Waals surface area contributed by atoms with Crippen LogP contribution in [0.3, 0.4) is 0 Å². The maximum Gasteiger partial charge on any atom is 0.317 e. The van der Waals surface area contributed by atoms with Crippen LogP contribution >= 0.6 is 11.3 Å². The molecule has 0 bridgehead atoms. The molecule has 0 amide bonds. The molecule has 1 aromatic rings. The van der Waals surface area contributed by atoms with E-state index in [9.17, 15) is 4.79 Å². The molecule has 17 heavy (non-hydrogen) atoms. The second kappa shape index (κ2) is 6.17. The number of hydrogen-bond donors (Lipinski definition) is 1. The maximum atomic E-state index is 11.0. The molecule has 0 radical (unpaired) electrons. The van der Waals surface area contributed by atoms with Crippen LogP contribution in [-0.2, 0) is 4.79 Å². The summed E-state index contributed by atoms with van der Waals surface area (Å²) in [4.78, 5) is 14.3. The lowest BCUT2D eigenvalue weighted by atomic mass is 10.1. The monoisotopic (exact) mass is 255 g/mol. The minimum absolute atomic E-state index is 0.105. The molecule has 0 spiro atoms. The van der Waals surface area contributed by atoms with Gasteiger partial charge in [-0.1, -0.05) is 6.92 Å². The van der Waals surface area contributed by atoms with E-state index in [0.29, 0.717) is 0 Å². The zero-order valence-corrected chi connectivity index (χ0v) is 11.8. The van der Waals surface area contributed by atoms with Gasteiger partial charge in [0.25, 0.3) is 0 Å². The van der Waals surface area contributed by atoms with Crippen molar-refractivity contribution in [1.82, 2.24) is 4.90 Å². The fraction of sp³-hybridized carbons (Fsp3) is 0.615. The second-order valence-corrected chi connectivity index (χ2v) is 5.41. The number of thiophene rings is 1. The molecule has 0 saturated heterocycles. The lowest BCUT2D eigenvalue weighted by Gasteiger charge is -2.32. The third-order valence-corrected chi connectivity index (χ3v) is 4.44. The molecule has 1 heterocycles. The average Bonchev–Trinajstić information content (AvgIpc) is 2.70. The Morgan fingerprint density at radius 3 is 2.59 bits per heavy atom. The van der Waals surface area contributed by atoms with Crippen LogP contribution in [0.15, 0.2) is 11.4 Å². The first-order valence-corrected chi connectivity index (χ1v) is 6.86. The zero-order valence-electron chi connectivity index (χ0n) is 10.9. The Kier molecular flexibility index (Phi) is 5.15. The highest BCUT2D eigenvalue weighted by molar-refractivity contribution is 7.10. The van der Waals surface area contributed by atoms with Gasteiger partial charge in [0.1, 0.15) is 0 Å². The van der Waals surface area contributed by atoms with E-state index >= 15 is 0 Å². The minimum atomic E-state index is -0.758. The summed E-state index contributed by atoms with van der Waals surface area (Å²) in [6, 6.07) is 2.54. The third kappa shape index (κ3) is 3.54. The fourth-order valence-corrected chi connectivity index (χ4v) is 3.03. The molecule has 1 aromatic heterocycles. The Labute approximate surface area is 107 Å². The van der Waals surface area contributed by atoms with Crippen molar-refractivity contribution in [1.29, 1.82) is 0 Å². The van der Waals surface area contributed by atoms with E-state index in [-0.39, 0.29) is 18.6 Å². The Morgan fingerprint density at radius 2 is 2.18 bits per heavy atom. The summed E-state index contributed by atoms with van der Waals surface area (Å²) in [6.45, 7) is 8.45. The van der Waals surface area contributed by atoms with Crippen LogP contribution in [0.1, 0.15) is 43.7 Å². The summed E-state index contributed by atoms with van der Waals surface area (Å²) in [5.74, 6) is -0.758. The number of carboxylic acids is 1. The van der Waals surface area contributed by atoms with Gasteiger partial charge in [-0.25, -0.2) is 0 Å². The van der Waals surface area contributed by atoms with Crippen molar-refractivity contribution < 1.29 is 9.90 Å². The van der Waals surface area contributed by atoms with E-state index in [2.05, 4.69) is 44.0 Å². The molecule has 0 aliphatic carbocycles. The molecular formula is C13H21NO2S. The number of carbonyl (C=O) groups is 1. The lowest BCUT2D eigenvalue weighted by molar-refractivity contribution is -0.139. The first-order chi connectivity index (χ1) is 7.97. The van der Waals surface area contributed by atoms with Gasteiger partial charge in [0, 0.05) is 17.0 Å². The Hall–Kier alpha value is -0.870. The van der Waals surface area contributed by atoms with Crippen LogP contribution in [0.5, 0.6) is 0 Å². The van der Waals surface area contributed by atoms with E-state index < -0.39 is 5.97 Å². The number of hydrogen-bond acceptors (Lipinski definition) is 3. The molecule has 1 rings (SSSR count). The zero-order chi connectivity index (χ0) is 13.0. The van der Waals surface area contributed by atoms with Crippen LogP contribution in [0, 0.1) is 6.92 Å². The third-order valence-electron chi connectivity index (χ3n) is 3.25. The molecule has 96 valence electrons. The molecule has 0 fully saturated rings. The van der Waals surface area contributed by atoms with Gasteiger partial charge < -0.3 is 5.11 Å². The van der Waals surface area contributed by atoms with Crippen molar-refractivity contribution in [3.63, 3.8) is 0 Å². The first-order valence-electron chi connectivity index (χ1n) is 5.98. The molecule has 1 N–H and O–H groups in total. The summed E-state index contributed by atoms with van der Waals surface area (Å²) in [6.07, 6.45) is 0.960. The molecule has 0 aliphatic rings. The van der Waals surface area contributed by atoms with Gasteiger partial charge in [-0.3, -0.25) is 9.69 Å². The Bertz CT molecular complexity index is 375. The number of aryl methyl sites for hydroxylation is 1. The summed E-state index contributed by atoms with van der Waals surface area (Å²) >= 11 is 1.71. The first kappa shape index (κ1) is 14.2. The highest BCUT2D eigenvalue weighted by Crippen LogP contribution is 2.30. The summed E-state index contributed by atoms with van der Waals surface area (Å²) < 4.78 is 0. The normalized spacial score (nSPS) is 14.9. The van der Waals surface area contributed by atoms with Crippen molar-refractivity contribution in [3.05, 3.63) is 21.9 Å². The lowest BCUT2D eigenvalue weighted by Crippen LogP contribution is -2.38. The Balaban J connectivity index is 2.90. The van der Waals surface area contributed by atoms with Crippen molar-refractivity contribution in [3.8, 4) is 0 Å². The predicted octanol–water partition coefficient (Wildman–Crippen LogP) is 3.30. The average molecular weight is 255 g/mol. The Morgan fingerprint density at radius 1 is 1.53 bits per heavy atom. The van der Waals surface area contributed by atoms with Gasteiger partial charge in [0.15, 0.2) is 0 Å². The molecule has 0 aromatic carbocycles. The van der Waals surface area contributed by atoms with Gasteiger partial charge in [0.2, 0.25) is 0 Å². The molecule has 3 nitrogen and oxygen atoms in total. The van der Waals surface area contributed by atoms with Crippen molar-refractivity contribution in [2.45, 2.75) is 46.2 Å². The quantitative estimate of drug-likeness (QED) is 0.848. The van der Waals surface area contributed by atoms with Crippen molar-refractivity contribution >= 4 is 17.3 Å². The van der Waals surface area contributed by atoms with Gasteiger partial charge >= 0.3 is 5.97 Å². The van der Waals surface area contributed by atoms with Gasteiger partial charge in [0.05, 0.1) is 6.54 Å². The van der Waals surface area contributed by atoms with E-state index in [0.717, 1.165) is 6.42 Å². The van der Waals surface area contributed by atoms with Crippen LogP contribution in [0.4, 0.5) is 0 Å². The largest absolute Gasteiger partial charge is 0.480 e. The molecule has 2 unspecified atom stereocenters. The van der Waals surface area contributed by atoms with Crippen LogP contribution in [0.2, 0.25) is 0 Å². The van der Waals surface area contributed by atoms with Gasteiger partial charge in [-0.15, -0.1) is 11.3 Å². The van der Waals surface area contributed by atoms with E-state index in [1.54, 1.807) is 11.3 Å². The number of carboxylic acid groups (broad SMARTS) is 1. The fourth-order valence-electron chi connectivity index (χ4n) is 2.03. The van der Waals surface area contributed by atoms with E-state index in [4.69, 9.17) is 5.11 Å². The van der Waals surface area contributed by atoms with E-state index in [1.807, 2.05) is 0 Å². The van der Waals surface area contributed by atoms with Crippen LogP contribution < -0.4 is 0 Å². The SMILES string of the molecule is CCC(C)N(CC(=O)O)C(C)c1sccc1C. The highest BCUT2D eigenvalue weighted by Gasteiger charge is 2.24. The summed E-state index contributed by atoms with van der Waals surface area (Å²) in [7, 11) is 0. The molecule has 2 atom stereocenters. The molecule has 0 aliphatic heterocycles. The second-order valence-electron chi connectivity index (χ2n) is 4.47. The number of aliphatic carboxylic acids is 1. The number of rotatable bonds is 6. The number of nitrogens with zero attached hydrogens (tertiary/aromatic N) is 1. The van der Waals surface area contributed by atoms with E-state index in [1.165, 1.54) is 10.4 Å². The summed E-state index contributed by atoms with van der Waals surface area (Å²) in [5.41, 5.74) is 1.25. The topological polar surface area (TPSA) is 40.5 Å². The van der Waals surface area contributed by atoms with Gasteiger partial charge in [-0.05, 0) is 44.2 Å². The molecule has 4 heteroatoms. The van der Waals surface area contributed by atoms with Crippen LogP contribution in [-0.4, -0.2) is 28.6 Å². The molecular weight excluding hydrogens is 234 g/mol. The van der Waals surface area contributed by atoms with Crippen LogP contribution in [0.25, 0.3) is 0 Å². The van der Waals surface area contributed by atoms with Crippen molar-refractivity contribution in [2.75, 3.05) is 6.54 Å². The highest BCUT2D eigenvalue weighted by atomic mass is 32.1. The maximum absolute atomic E-state index is 11.0. The predicted molar refractivity (Wildman–Crippen MR) is 71.6 cm³/mol.